The molecule has 0 fully saturated rings. The van der Waals surface area contributed by atoms with Crippen LogP contribution in [-0.4, -0.2) is 19.6 Å². The summed E-state index contributed by atoms with van der Waals surface area (Å²) < 4.78 is 5.05. The number of fused-ring (bicyclic) bond motifs is 4. The molecular formula is C56H38N3OPtS-. The molecule has 300 valence electrons. The molecule has 11 rings (SSSR count). The van der Waals surface area contributed by atoms with E-state index in [1.54, 1.807) is 6.07 Å². The largest absolute Gasteiger partial charge is 0.507 e. The van der Waals surface area contributed by atoms with Gasteiger partial charge < -0.3 is 9.67 Å². The number of hydrogen-bond acceptors (Lipinski definition) is 4. The van der Waals surface area contributed by atoms with Gasteiger partial charge in [0.1, 0.15) is 5.75 Å². The minimum absolute atomic E-state index is 0. The average molecular weight is 996 g/mol. The summed E-state index contributed by atoms with van der Waals surface area (Å²) in [5.41, 5.74) is 14.7. The van der Waals surface area contributed by atoms with Crippen LogP contribution in [-0.2, 0) is 27.6 Å². The van der Waals surface area contributed by atoms with Crippen molar-refractivity contribution in [2.75, 3.05) is 0 Å². The number of aromatic hydroxyl groups is 1. The third kappa shape index (κ3) is 7.24. The first kappa shape index (κ1) is 39.2. The summed E-state index contributed by atoms with van der Waals surface area (Å²) in [7, 11) is 0. The second-order valence-electron chi connectivity index (χ2n) is 15.5. The predicted molar refractivity (Wildman–Crippen MR) is 254 cm³/mol. The maximum Gasteiger partial charge on any atom is 0.124 e. The summed E-state index contributed by atoms with van der Waals surface area (Å²) >= 11 is 1.85. The van der Waals surface area contributed by atoms with Crippen LogP contribution in [0, 0.1) is 13.0 Å². The third-order valence-corrected chi connectivity index (χ3v) is 12.6. The molecule has 6 heteroatoms. The van der Waals surface area contributed by atoms with Crippen molar-refractivity contribution in [2.45, 2.75) is 13.5 Å². The molecule has 7 aromatic carbocycles. The van der Waals surface area contributed by atoms with Gasteiger partial charge in [0.25, 0.3) is 0 Å². The molecule has 0 saturated heterocycles. The number of aromatic nitrogens is 3. The Morgan fingerprint density at radius 2 is 1.16 bits per heavy atom. The van der Waals surface area contributed by atoms with Crippen LogP contribution < -0.4 is 0 Å². The topological polar surface area (TPSA) is 50.9 Å². The summed E-state index contributed by atoms with van der Waals surface area (Å²) in [6.45, 7) is 2.79. The van der Waals surface area contributed by atoms with E-state index in [0.29, 0.717) is 17.8 Å². The first-order valence-electron chi connectivity index (χ1n) is 20.5. The molecule has 4 nitrogen and oxygen atoms in total. The van der Waals surface area contributed by atoms with Crippen molar-refractivity contribution in [3.05, 3.63) is 211 Å². The zero-order valence-electron chi connectivity index (χ0n) is 33.7. The number of benzene rings is 7. The number of para-hydroxylation sites is 2. The van der Waals surface area contributed by atoms with Gasteiger partial charge in [-0.25, -0.2) is 0 Å². The first-order valence-corrected chi connectivity index (χ1v) is 21.3. The molecule has 0 aliphatic carbocycles. The Hall–Kier alpha value is -6.91. The second-order valence-corrected chi connectivity index (χ2v) is 16.6. The van der Waals surface area contributed by atoms with E-state index in [1.807, 2.05) is 59.9 Å². The Bertz CT molecular complexity index is 3430. The van der Waals surface area contributed by atoms with Crippen molar-refractivity contribution in [2.24, 2.45) is 0 Å². The molecule has 0 aliphatic heterocycles. The summed E-state index contributed by atoms with van der Waals surface area (Å²) in [5, 5.41) is 14.7. The van der Waals surface area contributed by atoms with Crippen LogP contribution in [0.4, 0.5) is 0 Å². The Labute approximate surface area is 378 Å². The van der Waals surface area contributed by atoms with Crippen LogP contribution in [0.3, 0.4) is 0 Å². The van der Waals surface area contributed by atoms with Crippen molar-refractivity contribution in [3.8, 4) is 73.0 Å². The number of pyridine rings is 2. The molecule has 62 heavy (non-hydrogen) atoms. The summed E-state index contributed by atoms with van der Waals surface area (Å²) in [6, 6.07) is 71.3. The molecule has 11 aromatic rings. The monoisotopic (exact) mass is 995 g/mol. The Morgan fingerprint density at radius 3 is 1.97 bits per heavy atom. The summed E-state index contributed by atoms with van der Waals surface area (Å²) in [6.07, 6.45) is 0. The van der Waals surface area contributed by atoms with E-state index in [1.165, 1.54) is 47.8 Å². The molecule has 1 N–H and O–H groups in total. The van der Waals surface area contributed by atoms with Crippen molar-refractivity contribution in [1.82, 2.24) is 14.5 Å². The Morgan fingerprint density at radius 1 is 0.516 bits per heavy atom. The van der Waals surface area contributed by atoms with Crippen LogP contribution in [0.15, 0.2) is 194 Å². The summed E-state index contributed by atoms with van der Waals surface area (Å²) in [5.74, 6) is 0.188. The molecular weight excluding hydrogens is 958 g/mol. The molecule has 0 unspecified atom stereocenters. The van der Waals surface area contributed by atoms with Crippen molar-refractivity contribution < 1.29 is 26.2 Å². The van der Waals surface area contributed by atoms with E-state index in [4.69, 9.17) is 9.97 Å². The van der Waals surface area contributed by atoms with E-state index in [9.17, 15) is 5.11 Å². The van der Waals surface area contributed by atoms with Gasteiger partial charge in [-0.15, -0.1) is 35.6 Å². The van der Waals surface area contributed by atoms with Crippen LogP contribution in [0.25, 0.3) is 98.4 Å². The average Bonchev–Trinajstić information content (AvgIpc) is 3.84. The number of aryl methyl sites for hydroxylation is 1. The predicted octanol–water partition coefficient (Wildman–Crippen LogP) is 14.7. The molecule has 0 amide bonds. The van der Waals surface area contributed by atoms with Gasteiger partial charge in [-0.1, -0.05) is 145 Å². The van der Waals surface area contributed by atoms with Crippen molar-refractivity contribution in [3.63, 3.8) is 0 Å². The van der Waals surface area contributed by atoms with Gasteiger partial charge in [0.15, 0.2) is 0 Å². The molecule has 4 aromatic heterocycles. The molecule has 0 radical (unpaired) electrons. The summed E-state index contributed by atoms with van der Waals surface area (Å²) in [4.78, 5) is 10.3. The van der Waals surface area contributed by atoms with E-state index in [0.717, 1.165) is 50.6 Å². The second kappa shape index (κ2) is 16.5. The van der Waals surface area contributed by atoms with Crippen molar-refractivity contribution >= 4 is 42.4 Å². The molecule has 0 aliphatic rings. The normalized spacial score (nSPS) is 11.3. The number of phenols is 1. The third-order valence-electron chi connectivity index (χ3n) is 11.5. The van der Waals surface area contributed by atoms with Crippen LogP contribution >= 0.6 is 11.3 Å². The quantitative estimate of drug-likeness (QED) is 0.154. The number of phenolic OH excluding ortho intramolecular Hbond substituents is 1. The van der Waals surface area contributed by atoms with Gasteiger partial charge in [-0.2, -0.15) is 0 Å². The maximum atomic E-state index is 10.9. The van der Waals surface area contributed by atoms with Gasteiger partial charge in [0.05, 0.1) is 11.4 Å². The van der Waals surface area contributed by atoms with Crippen LogP contribution in [0.2, 0.25) is 0 Å². The SMILES string of the molecule is Cc1cc(-c2c(-c3ccc4c(c3)sc3ccccc34)c3ccccc3n2Cc2ccccc2)cc(-c2[c-]c(-c3cc(-c4ccccc4)cc(-c4ccccc4O)n3)ccc2)n1.[Pt]. The van der Waals surface area contributed by atoms with Gasteiger partial charge in [-0.3, -0.25) is 9.97 Å². The molecule has 0 saturated carbocycles. The van der Waals surface area contributed by atoms with Crippen molar-refractivity contribution in [1.29, 1.82) is 0 Å². The number of nitrogens with zero attached hydrogens (tertiary/aromatic N) is 3. The molecule has 0 spiro atoms. The Balaban J connectivity index is 0.00000458. The molecule has 4 heterocycles. The van der Waals surface area contributed by atoms with Gasteiger partial charge in [0.2, 0.25) is 0 Å². The number of thiophene rings is 1. The van der Waals surface area contributed by atoms with Crippen LogP contribution in [0.5, 0.6) is 5.75 Å². The van der Waals surface area contributed by atoms with E-state index >= 15 is 0 Å². The fourth-order valence-electron chi connectivity index (χ4n) is 8.71. The van der Waals surface area contributed by atoms with E-state index in [2.05, 4.69) is 157 Å². The molecule has 0 bridgehead atoms. The number of rotatable bonds is 8. The number of hydrogen-bond donors (Lipinski definition) is 1. The zero-order chi connectivity index (χ0) is 40.9. The van der Waals surface area contributed by atoms with Gasteiger partial charge in [0, 0.05) is 86.9 Å². The minimum Gasteiger partial charge on any atom is -0.507 e. The van der Waals surface area contributed by atoms with E-state index < -0.39 is 0 Å². The van der Waals surface area contributed by atoms with Crippen LogP contribution in [0.1, 0.15) is 11.3 Å². The van der Waals surface area contributed by atoms with E-state index in [-0.39, 0.29) is 26.8 Å². The van der Waals surface area contributed by atoms with Gasteiger partial charge in [-0.05, 0) is 77.2 Å². The smallest absolute Gasteiger partial charge is 0.124 e. The zero-order valence-corrected chi connectivity index (χ0v) is 36.8. The fraction of sp³-hybridized carbons (Fsp3) is 0.0357. The standard InChI is InChI=1S/C56H38N3OS.Pt/c1-36-29-43(33-48(57-36)39-19-14-20-40(30-39)49-31-42(38-17-6-3-7-18-38)32-50(58-49)46-22-9-12-25-52(46)60)56-55(41-27-28-45-44-21-10-13-26-53(44)61-54(45)34-41)47-23-8-11-24-51(47)59(56)35-37-15-4-2-5-16-37;/h2-29,31-34,60H,35H2,1H3;/q-1;. The van der Waals surface area contributed by atoms with Gasteiger partial charge >= 0.3 is 0 Å². The minimum atomic E-state index is 0. The maximum absolute atomic E-state index is 10.9. The fourth-order valence-corrected chi connectivity index (χ4v) is 9.86. The molecule has 0 atom stereocenters. The Kier molecular flexibility index (Phi) is 10.4. The first-order chi connectivity index (χ1) is 30.0.